The Morgan fingerprint density at radius 1 is 1.23 bits per heavy atom. The topological polar surface area (TPSA) is 125 Å². The Morgan fingerprint density at radius 2 is 2.04 bits per heavy atom. The molecule has 0 spiro atoms. The first-order valence-corrected chi connectivity index (χ1v) is 7.68. The highest BCUT2D eigenvalue weighted by Crippen LogP contribution is 2.29. The van der Waals surface area contributed by atoms with Crippen LogP contribution < -0.4 is 20.6 Å². The van der Waals surface area contributed by atoms with Gasteiger partial charge in [-0.2, -0.15) is 5.10 Å². The molecule has 0 aliphatic heterocycles. The maximum absolute atomic E-state index is 11.4. The van der Waals surface area contributed by atoms with Crippen LogP contribution in [0.4, 0.5) is 4.79 Å². The van der Waals surface area contributed by atoms with Crippen LogP contribution in [0.1, 0.15) is 28.8 Å². The fourth-order valence-corrected chi connectivity index (χ4v) is 1.98. The Labute approximate surface area is 149 Å². The average Bonchev–Trinajstić information content (AvgIpc) is 3.09. The van der Waals surface area contributed by atoms with Crippen LogP contribution in [-0.4, -0.2) is 31.9 Å². The molecule has 2 rings (SSSR count). The van der Waals surface area contributed by atoms with Crippen molar-refractivity contribution in [3.63, 3.8) is 0 Å². The van der Waals surface area contributed by atoms with E-state index in [1.54, 1.807) is 24.3 Å². The molecule has 138 valence electrons. The standard InChI is InChI=1S/C17H19N3O6/c1-3-24-15-8-11(9-19-20-17(18)22)4-6-13(15)25-10-12-5-7-14(26-12)16(21)23-2/h4-9H,3,10H2,1-2H3,(H3,18,20,22)/b19-9-. The van der Waals surface area contributed by atoms with Gasteiger partial charge in [0.05, 0.1) is 19.9 Å². The summed E-state index contributed by atoms with van der Waals surface area (Å²) in [4.78, 5) is 22.0. The Kier molecular flexibility index (Phi) is 6.60. The van der Waals surface area contributed by atoms with Crippen molar-refractivity contribution < 1.29 is 28.2 Å². The molecule has 0 atom stereocenters. The van der Waals surface area contributed by atoms with E-state index in [0.29, 0.717) is 29.4 Å². The number of hydrogen-bond acceptors (Lipinski definition) is 7. The van der Waals surface area contributed by atoms with E-state index in [1.165, 1.54) is 19.4 Å². The van der Waals surface area contributed by atoms with Gasteiger partial charge in [0.15, 0.2) is 11.5 Å². The molecule has 0 aliphatic rings. The number of carbonyl (C=O) groups excluding carboxylic acids is 2. The van der Waals surface area contributed by atoms with Gasteiger partial charge in [0.25, 0.3) is 0 Å². The van der Waals surface area contributed by atoms with Gasteiger partial charge in [0.2, 0.25) is 5.76 Å². The Balaban J connectivity index is 2.07. The lowest BCUT2D eigenvalue weighted by molar-refractivity contribution is 0.0561. The van der Waals surface area contributed by atoms with Crippen LogP contribution in [-0.2, 0) is 11.3 Å². The first-order chi connectivity index (χ1) is 12.5. The third kappa shape index (κ3) is 5.26. The van der Waals surface area contributed by atoms with Crippen molar-refractivity contribution in [1.29, 1.82) is 0 Å². The van der Waals surface area contributed by atoms with Crippen LogP contribution >= 0.6 is 0 Å². The van der Waals surface area contributed by atoms with Gasteiger partial charge in [0.1, 0.15) is 12.4 Å². The minimum absolute atomic E-state index is 0.102. The minimum atomic E-state index is -0.754. The van der Waals surface area contributed by atoms with E-state index in [-0.39, 0.29) is 12.4 Å². The molecular weight excluding hydrogens is 342 g/mol. The number of benzene rings is 1. The maximum Gasteiger partial charge on any atom is 0.373 e. The molecule has 0 saturated carbocycles. The number of furan rings is 1. The molecule has 0 radical (unpaired) electrons. The van der Waals surface area contributed by atoms with Crippen LogP contribution in [0.5, 0.6) is 11.5 Å². The van der Waals surface area contributed by atoms with E-state index in [0.717, 1.165) is 0 Å². The number of nitrogens with one attached hydrogen (secondary N) is 1. The second-order valence-electron chi connectivity index (χ2n) is 4.92. The lowest BCUT2D eigenvalue weighted by Crippen LogP contribution is -2.24. The molecule has 2 aromatic rings. The fourth-order valence-electron chi connectivity index (χ4n) is 1.98. The summed E-state index contributed by atoms with van der Waals surface area (Å²) in [5.74, 6) is 0.992. The lowest BCUT2D eigenvalue weighted by Gasteiger charge is -2.11. The molecule has 1 aromatic carbocycles. The van der Waals surface area contributed by atoms with Crippen molar-refractivity contribution in [1.82, 2.24) is 5.43 Å². The minimum Gasteiger partial charge on any atom is -0.490 e. The van der Waals surface area contributed by atoms with E-state index in [1.807, 2.05) is 6.92 Å². The number of hydrazone groups is 1. The largest absolute Gasteiger partial charge is 0.490 e. The van der Waals surface area contributed by atoms with Gasteiger partial charge in [-0.05, 0) is 42.8 Å². The quantitative estimate of drug-likeness (QED) is 0.421. The highest BCUT2D eigenvalue weighted by molar-refractivity contribution is 5.86. The summed E-state index contributed by atoms with van der Waals surface area (Å²) in [6, 6.07) is 7.51. The van der Waals surface area contributed by atoms with Crippen LogP contribution in [0, 0.1) is 0 Å². The normalized spacial score (nSPS) is 10.5. The van der Waals surface area contributed by atoms with E-state index >= 15 is 0 Å². The zero-order valence-electron chi connectivity index (χ0n) is 14.4. The van der Waals surface area contributed by atoms with E-state index in [4.69, 9.17) is 19.6 Å². The molecule has 0 unspecified atom stereocenters. The Morgan fingerprint density at radius 3 is 2.73 bits per heavy atom. The van der Waals surface area contributed by atoms with E-state index in [9.17, 15) is 9.59 Å². The van der Waals surface area contributed by atoms with Gasteiger partial charge in [-0.15, -0.1) is 0 Å². The number of primary amides is 1. The summed E-state index contributed by atoms with van der Waals surface area (Å²) in [5, 5.41) is 3.69. The number of rotatable bonds is 8. The molecule has 2 amide bonds. The summed E-state index contributed by atoms with van der Waals surface area (Å²) < 4.78 is 21.2. The molecule has 9 nitrogen and oxygen atoms in total. The molecule has 0 fully saturated rings. The lowest BCUT2D eigenvalue weighted by atomic mass is 10.2. The summed E-state index contributed by atoms with van der Waals surface area (Å²) >= 11 is 0. The monoisotopic (exact) mass is 361 g/mol. The third-order valence-electron chi connectivity index (χ3n) is 3.07. The predicted molar refractivity (Wildman–Crippen MR) is 92.3 cm³/mol. The molecule has 1 heterocycles. The highest BCUT2D eigenvalue weighted by Gasteiger charge is 2.12. The zero-order valence-corrected chi connectivity index (χ0v) is 14.4. The van der Waals surface area contributed by atoms with Gasteiger partial charge in [-0.3, -0.25) is 0 Å². The third-order valence-corrected chi connectivity index (χ3v) is 3.07. The average molecular weight is 361 g/mol. The van der Waals surface area contributed by atoms with Crippen molar-refractivity contribution in [2.24, 2.45) is 10.8 Å². The van der Waals surface area contributed by atoms with Gasteiger partial charge in [0, 0.05) is 0 Å². The van der Waals surface area contributed by atoms with E-state index in [2.05, 4.69) is 15.3 Å². The molecule has 1 aromatic heterocycles. The summed E-state index contributed by atoms with van der Waals surface area (Å²) in [6.45, 7) is 2.38. The Hall–Kier alpha value is -3.49. The SMILES string of the molecule is CCOc1cc(/C=N\NC(N)=O)ccc1OCc1ccc(C(=O)OC)o1. The second kappa shape index (κ2) is 9.11. The number of nitrogens with zero attached hydrogens (tertiary/aromatic N) is 1. The second-order valence-corrected chi connectivity index (χ2v) is 4.92. The van der Waals surface area contributed by atoms with E-state index < -0.39 is 12.0 Å². The molecular formula is C17H19N3O6. The first kappa shape index (κ1) is 18.8. The van der Waals surface area contributed by atoms with Crippen LogP contribution in [0.15, 0.2) is 39.9 Å². The molecule has 0 bridgehead atoms. The van der Waals surface area contributed by atoms with Crippen LogP contribution in [0.2, 0.25) is 0 Å². The van der Waals surface area contributed by atoms with Crippen LogP contribution in [0.3, 0.4) is 0 Å². The van der Waals surface area contributed by atoms with Gasteiger partial charge in [-0.1, -0.05) is 0 Å². The first-order valence-electron chi connectivity index (χ1n) is 7.68. The molecule has 0 aliphatic carbocycles. The number of nitrogens with two attached hydrogens (primary N) is 1. The number of urea groups is 1. The number of methoxy groups -OCH3 is 1. The van der Waals surface area contributed by atoms with Crippen molar-refractivity contribution >= 4 is 18.2 Å². The Bertz CT molecular complexity index is 800. The predicted octanol–water partition coefficient (Wildman–Crippen LogP) is 2.05. The summed E-state index contributed by atoms with van der Waals surface area (Å²) in [7, 11) is 1.28. The molecule has 26 heavy (non-hydrogen) atoms. The van der Waals surface area contributed by atoms with Gasteiger partial charge < -0.3 is 24.4 Å². The van der Waals surface area contributed by atoms with Gasteiger partial charge >= 0.3 is 12.0 Å². The smallest absolute Gasteiger partial charge is 0.373 e. The molecule has 3 N–H and O–H groups in total. The van der Waals surface area contributed by atoms with Crippen molar-refractivity contribution in [2.75, 3.05) is 13.7 Å². The van der Waals surface area contributed by atoms with Gasteiger partial charge in [-0.25, -0.2) is 15.0 Å². The van der Waals surface area contributed by atoms with Crippen molar-refractivity contribution in [2.45, 2.75) is 13.5 Å². The number of ether oxygens (including phenoxy) is 3. The van der Waals surface area contributed by atoms with Crippen molar-refractivity contribution in [3.8, 4) is 11.5 Å². The summed E-state index contributed by atoms with van der Waals surface area (Å²) in [5.41, 5.74) is 7.73. The number of amides is 2. The number of hydrogen-bond donors (Lipinski definition) is 2. The maximum atomic E-state index is 11.4. The highest BCUT2D eigenvalue weighted by atomic mass is 16.5. The van der Waals surface area contributed by atoms with Crippen LogP contribution in [0.25, 0.3) is 0 Å². The summed E-state index contributed by atoms with van der Waals surface area (Å²) in [6.07, 6.45) is 1.42. The molecule has 9 heteroatoms. The zero-order chi connectivity index (χ0) is 18.9. The number of esters is 1. The molecule has 0 saturated heterocycles. The van der Waals surface area contributed by atoms with Crippen molar-refractivity contribution in [3.05, 3.63) is 47.4 Å². The fraction of sp³-hybridized carbons (Fsp3) is 0.235. The number of carbonyl (C=O) groups is 2.